The number of halogens is 1. The predicted octanol–water partition coefficient (Wildman–Crippen LogP) is 2.68. The predicted molar refractivity (Wildman–Crippen MR) is 74.9 cm³/mol. The zero-order chi connectivity index (χ0) is 14.6. The van der Waals surface area contributed by atoms with E-state index in [4.69, 9.17) is 0 Å². The molecule has 0 unspecified atom stereocenters. The van der Waals surface area contributed by atoms with E-state index in [1.54, 1.807) is 25.2 Å². The van der Waals surface area contributed by atoms with E-state index in [2.05, 4.69) is 20.7 Å². The second-order valence-corrected chi connectivity index (χ2v) is 4.83. The highest BCUT2D eigenvalue weighted by molar-refractivity contribution is 9.10. The van der Waals surface area contributed by atoms with Crippen LogP contribution in [-0.2, 0) is 4.74 Å². The molecular weight excluding hydrogens is 316 g/mol. The Labute approximate surface area is 118 Å². The molecule has 1 aromatic carbocycles. The van der Waals surface area contributed by atoms with Crippen LogP contribution in [0.25, 0.3) is 6.08 Å². The summed E-state index contributed by atoms with van der Waals surface area (Å²) in [5.41, 5.74) is 0.198. The first-order valence-corrected chi connectivity index (χ1v) is 6.07. The van der Waals surface area contributed by atoms with Crippen molar-refractivity contribution < 1.29 is 14.5 Å². The minimum Gasteiger partial charge on any atom is -0.465 e. The molecule has 0 amide bonds. The van der Waals surface area contributed by atoms with E-state index in [1.165, 1.54) is 25.3 Å². The van der Waals surface area contributed by atoms with Crippen molar-refractivity contribution in [1.82, 2.24) is 4.90 Å². The molecule has 0 bridgehead atoms. The highest BCUT2D eigenvalue weighted by Gasteiger charge is 2.21. The Morgan fingerprint density at radius 1 is 1.47 bits per heavy atom. The van der Waals surface area contributed by atoms with E-state index < -0.39 is 10.9 Å². The molecule has 6 nitrogen and oxygen atoms in total. The topological polar surface area (TPSA) is 72.7 Å². The molecule has 0 spiro atoms. The number of methoxy groups -OCH3 is 1. The number of nitro benzene ring substituents is 1. The van der Waals surface area contributed by atoms with Gasteiger partial charge >= 0.3 is 5.97 Å². The largest absolute Gasteiger partial charge is 0.465 e. The number of nitro groups is 1. The van der Waals surface area contributed by atoms with Gasteiger partial charge in [-0.15, -0.1) is 0 Å². The molecule has 19 heavy (non-hydrogen) atoms. The number of ether oxygens (including phenoxy) is 1. The maximum atomic E-state index is 11.7. The Hall–Kier alpha value is -1.89. The molecule has 0 aromatic heterocycles. The molecule has 0 aliphatic carbocycles. The Bertz CT molecular complexity index is 541. The zero-order valence-corrected chi connectivity index (χ0v) is 12.3. The number of hydrogen-bond donors (Lipinski definition) is 0. The van der Waals surface area contributed by atoms with Crippen LogP contribution in [0.4, 0.5) is 5.69 Å². The fourth-order valence-corrected chi connectivity index (χ4v) is 1.88. The maximum absolute atomic E-state index is 11.7. The molecule has 1 aromatic rings. The van der Waals surface area contributed by atoms with E-state index in [0.29, 0.717) is 4.47 Å². The third-order valence-corrected chi connectivity index (χ3v) is 2.72. The number of carbonyl (C=O) groups excluding carboxylic acids is 1. The highest BCUT2D eigenvalue weighted by Crippen LogP contribution is 2.29. The van der Waals surface area contributed by atoms with Crippen molar-refractivity contribution in [3.8, 4) is 0 Å². The summed E-state index contributed by atoms with van der Waals surface area (Å²) in [5, 5.41) is 11.1. The Morgan fingerprint density at radius 3 is 2.58 bits per heavy atom. The van der Waals surface area contributed by atoms with Gasteiger partial charge in [0.25, 0.3) is 5.69 Å². The Balaban J connectivity index is 3.51. The van der Waals surface area contributed by atoms with Crippen LogP contribution >= 0.6 is 15.9 Å². The van der Waals surface area contributed by atoms with Crippen LogP contribution in [-0.4, -0.2) is 37.0 Å². The van der Waals surface area contributed by atoms with Gasteiger partial charge in [0.2, 0.25) is 0 Å². The SMILES string of the molecule is COC(=O)c1cc(Br)cc([N+](=O)[O-])c1C=CN(C)C. The fourth-order valence-electron chi connectivity index (χ4n) is 1.43. The molecule has 0 aliphatic heterocycles. The van der Waals surface area contributed by atoms with Crippen molar-refractivity contribution in [1.29, 1.82) is 0 Å². The van der Waals surface area contributed by atoms with Crippen LogP contribution in [0.3, 0.4) is 0 Å². The number of rotatable bonds is 4. The van der Waals surface area contributed by atoms with Gasteiger partial charge in [-0.1, -0.05) is 15.9 Å². The van der Waals surface area contributed by atoms with Crippen molar-refractivity contribution in [2.75, 3.05) is 21.2 Å². The first-order valence-electron chi connectivity index (χ1n) is 5.27. The summed E-state index contributed by atoms with van der Waals surface area (Å²) in [4.78, 5) is 23.9. The molecule has 0 heterocycles. The van der Waals surface area contributed by atoms with Crippen LogP contribution in [0.15, 0.2) is 22.8 Å². The smallest absolute Gasteiger partial charge is 0.338 e. The number of benzene rings is 1. The summed E-state index contributed by atoms with van der Waals surface area (Å²) in [5.74, 6) is -0.622. The first-order chi connectivity index (χ1) is 8.86. The van der Waals surface area contributed by atoms with Gasteiger partial charge in [-0.05, 0) is 18.3 Å². The minimum atomic E-state index is -0.622. The normalized spacial score (nSPS) is 10.5. The van der Waals surface area contributed by atoms with Crippen molar-refractivity contribution in [3.63, 3.8) is 0 Å². The molecule has 0 fully saturated rings. The van der Waals surface area contributed by atoms with Crippen LogP contribution in [0, 0.1) is 10.1 Å². The van der Waals surface area contributed by atoms with E-state index in [1.807, 2.05) is 0 Å². The zero-order valence-electron chi connectivity index (χ0n) is 10.7. The molecule has 102 valence electrons. The van der Waals surface area contributed by atoms with Gasteiger partial charge in [0.05, 0.1) is 23.2 Å². The standard InChI is InChI=1S/C12H13BrN2O4/c1-14(2)5-4-9-10(12(16)19-3)6-8(13)7-11(9)15(17)18/h4-7H,1-3H3. The van der Waals surface area contributed by atoms with E-state index in [9.17, 15) is 14.9 Å². The Morgan fingerprint density at radius 2 is 2.11 bits per heavy atom. The summed E-state index contributed by atoms with van der Waals surface area (Å²) in [7, 11) is 4.78. The lowest BCUT2D eigenvalue weighted by Gasteiger charge is -2.08. The lowest BCUT2D eigenvalue weighted by Crippen LogP contribution is -2.07. The lowest BCUT2D eigenvalue weighted by atomic mass is 10.1. The average Bonchev–Trinajstić information content (AvgIpc) is 2.34. The summed E-state index contributed by atoms with van der Waals surface area (Å²) in [6, 6.07) is 2.84. The molecule has 7 heteroatoms. The number of hydrogen-bond acceptors (Lipinski definition) is 5. The van der Waals surface area contributed by atoms with Crippen LogP contribution in [0.5, 0.6) is 0 Å². The molecule has 1 rings (SSSR count). The van der Waals surface area contributed by atoms with Crippen LogP contribution in [0.2, 0.25) is 0 Å². The third-order valence-electron chi connectivity index (χ3n) is 2.26. The highest BCUT2D eigenvalue weighted by atomic mass is 79.9. The van der Waals surface area contributed by atoms with Gasteiger partial charge in [0.1, 0.15) is 0 Å². The van der Waals surface area contributed by atoms with Gasteiger partial charge in [-0.3, -0.25) is 10.1 Å². The van der Waals surface area contributed by atoms with Gasteiger partial charge < -0.3 is 9.64 Å². The summed E-state index contributed by atoms with van der Waals surface area (Å²) in [6.07, 6.45) is 3.14. The fraction of sp³-hybridized carbons (Fsp3) is 0.250. The van der Waals surface area contributed by atoms with Gasteiger partial charge in [-0.25, -0.2) is 4.79 Å². The van der Waals surface area contributed by atoms with Crippen molar-refractivity contribution in [2.45, 2.75) is 0 Å². The van der Waals surface area contributed by atoms with E-state index >= 15 is 0 Å². The molecule has 0 atom stereocenters. The van der Waals surface area contributed by atoms with Crippen LogP contribution in [0.1, 0.15) is 15.9 Å². The summed E-state index contributed by atoms with van der Waals surface area (Å²) in [6.45, 7) is 0. The Kier molecular flexibility index (Phi) is 5.05. The monoisotopic (exact) mass is 328 g/mol. The molecule has 0 aliphatic rings. The number of carbonyl (C=O) groups is 1. The van der Waals surface area contributed by atoms with Gasteiger partial charge in [0.15, 0.2) is 0 Å². The maximum Gasteiger partial charge on any atom is 0.338 e. The molecule has 0 radical (unpaired) electrons. The quantitative estimate of drug-likeness (QED) is 0.482. The summed E-state index contributed by atoms with van der Waals surface area (Å²) < 4.78 is 5.09. The number of esters is 1. The lowest BCUT2D eigenvalue weighted by molar-refractivity contribution is -0.385. The van der Waals surface area contributed by atoms with Gasteiger partial charge in [0, 0.05) is 24.6 Å². The molecule has 0 N–H and O–H groups in total. The van der Waals surface area contributed by atoms with E-state index in [-0.39, 0.29) is 16.8 Å². The van der Waals surface area contributed by atoms with Crippen molar-refractivity contribution >= 4 is 33.7 Å². The second kappa shape index (κ2) is 6.33. The minimum absolute atomic E-state index is 0.140. The van der Waals surface area contributed by atoms with Crippen LogP contribution < -0.4 is 0 Å². The van der Waals surface area contributed by atoms with Crippen molar-refractivity contribution in [2.24, 2.45) is 0 Å². The van der Waals surface area contributed by atoms with Crippen molar-refractivity contribution in [3.05, 3.63) is 44.0 Å². The molecular formula is C12H13BrN2O4. The average molecular weight is 329 g/mol. The first kappa shape index (κ1) is 15.2. The van der Waals surface area contributed by atoms with Gasteiger partial charge in [-0.2, -0.15) is 0 Å². The van der Waals surface area contributed by atoms with E-state index in [0.717, 1.165) is 0 Å². The summed E-state index contributed by atoms with van der Waals surface area (Å²) >= 11 is 3.15. The molecule has 0 saturated heterocycles. The molecule has 0 saturated carbocycles. The number of nitrogens with zero attached hydrogens (tertiary/aromatic N) is 2. The second-order valence-electron chi connectivity index (χ2n) is 3.91. The third kappa shape index (κ3) is 3.78.